The molecule has 3 rings (SSSR count). The molecule has 6 heteroatoms. The summed E-state index contributed by atoms with van der Waals surface area (Å²) in [5, 5.41) is 1.30. The minimum Gasteiger partial charge on any atom is -0.496 e. The van der Waals surface area contributed by atoms with Crippen molar-refractivity contribution in [2.75, 3.05) is 14.2 Å². The van der Waals surface area contributed by atoms with E-state index >= 15 is 0 Å². The lowest BCUT2D eigenvalue weighted by Crippen LogP contribution is -2.23. The van der Waals surface area contributed by atoms with Crippen LogP contribution < -0.4 is 4.74 Å². The number of amides is 1. The molecule has 1 amide bonds. The van der Waals surface area contributed by atoms with Gasteiger partial charge in [0.05, 0.1) is 17.7 Å². The fraction of sp³-hybridized carbons (Fsp3) is 0.273. The maximum Gasteiger partial charge on any atom is 0.266 e. The second-order valence-electron chi connectivity index (χ2n) is 6.95. The zero-order valence-electron chi connectivity index (χ0n) is 16.6. The van der Waals surface area contributed by atoms with Crippen molar-refractivity contribution in [1.82, 2.24) is 4.90 Å². The van der Waals surface area contributed by atoms with E-state index in [0.717, 1.165) is 28.1 Å². The number of benzene rings is 2. The van der Waals surface area contributed by atoms with Gasteiger partial charge in [-0.25, -0.2) is 4.99 Å². The molecular weight excluding hydrogens is 392 g/mol. The number of halogens is 1. The molecule has 0 unspecified atom stereocenters. The first-order valence-electron chi connectivity index (χ1n) is 9.00. The fourth-order valence-corrected chi connectivity index (χ4v) is 4.02. The van der Waals surface area contributed by atoms with Gasteiger partial charge in [-0.3, -0.25) is 9.69 Å². The van der Waals surface area contributed by atoms with Crippen molar-refractivity contribution in [1.29, 1.82) is 0 Å². The van der Waals surface area contributed by atoms with Crippen LogP contribution in [0.5, 0.6) is 5.75 Å². The molecule has 1 saturated heterocycles. The number of rotatable bonds is 4. The molecular formula is C22H23ClN2O2S. The third-order valence-corrected chi connectivity index (χ3v) is 5.89. The van der Waals surface area contributed by atoms with Gasteiger partial charge in [-0.2, -0.15) is 0 Å². The minimum absolute atomic E-state index is 0.0565. The Morgan fingerprint density at radius 3 is 2.50 bits per heavy atom. The van der Waals surface area contributed by atoms with Crippen LogP contribution in [0.2, 0.25) is 5.02 Å². The highest BCUT2D eigenvalue weighted by molar-refractivity contribution is 8.18. The van der Waals surface area contributed by atoms with E-state index in [0.29, 0.717) is 21.0 Å². The van der Waals surface area contributed by atoms with Crippen molar-refractivity contribution in [3.63, 3.8) is 0 Å². The van der Waals surface area contributed by atoms with Crippen LogP contribution in [0.25, 0.3) is 6.08 Å². The molecule has 0 bridgehead atoms. The quantitative estimate of drug-likeness (QED) is 0.575. The van der Waals surface area contributed by atoms with Crippen molar-refractivity contribution < 1.29 is 9.53 Å². The monoisotopic (exact) mass is 414 g/mol. The summed E-state index contributed by atoms with van der Waals surface area (Å²) in [6, 6.07) is 11.4. The molecule has 2 aromatic carbocycles. The van der Waals surface area contributed by atoms with Crippen LogP contribution in [-0.2, 0) is 4.79 Å². The molecule has 0 aliphatic carbocycles. The Bertz CT molecular complexity index is 965. The van der Waals surface area contributed by atoms with E-state index in [4.69, 9.17) is 16.3 Å². The number of nitrogens with zero attached hydrogens (tertiary/aromatic N) is 2. The third-order valence-electron chi connectivity index (χ3n) is 4.58. The lowest BCUT2D eigenvalue weighted by Gasteiger charge is -2.14. The molecule has 1 aliphatic rings. The number of hydrogen-bond donors (Lipinski definition) is 0. The molecule has 4 nitrogen and oxygen atoms in total. The Balaban J connectivity index is 1.96. The molecule has 1 fully saturated rings. The second-order valence-corrected chi connectivity index (χ2v) is 8.40. The number of methoxy groups -OCH3 is 1. The summed E-state index contributed by atoms with van der Waals surface area (Å²) in [7, 11) is 3.43. The molecule has 0 atom stereocenters. The van der Waals surface area contributed by atoms with Gasteiger partial charge in [0.2, 0.25) is 0 Å². The van der Waals surface area contributed by atoms with Crippen molar-refractivity contribution in [2.24, 2.45) is 4.99 Å². The Morgan fingerprint density at radius 1 is 1.21 bits per heavy atom. The van der Waals surface area contributed by atoms with Crippen molar-refractivity contribution in [2.45, 2.75) is 26.7 Å². The van der Waals surface area contributed by atoms with Crippen LogP contribution in [0.1, 0.15) is 36.5 Å². The summed E-state index contributed by atoms with van der Waals surface area (Å²) in [4.78, 5) is 19.5. The maximum absolute atomic E-state index is 12.7. The second kappa shape index (κ2) is 8.41. The summed E-state index contributed by atoms with van der Waals surface area (Å²) < 4.78 is 5.51. The topological polar surface area (TPSA) is 41.9 Å². The average Bonchev–Trinajstić information content (AvgIpc) is 2.92. The van der Waals surface area contributed by atoms with Gasteiger partial charge in [0.1, 0.15) is 5.75 Å². The third kappa shape index (κ3) is 4.26. The van der Waals surface area contributed by atoms with Gasteiger partial charge < -0.3 is 4.74 Å². The Kier molecular flexibility index (Phi) is 6.16. The maximum atomic E-state index is 12.7. The molecule has 146 valence electrons. The normalized spacial score (nSPS) is 17.2. The number of ether oxygens (including phenoxy) is 1. The lowest BCUT2D eigenvalue weighted by atomic mass is 9.96. The number of likely N-dealkylation sites (N-methyl/N-ethyl adjacent to an activating group) is 1. The highest BCUT2D eigenvalue weighted by Gasteiger charge is 2.30. The van der Waals surface area contributed by atoms with Gasteiger partial charge in [-0.15, -0.1) is 0 Å². The van der Waals surface area contributed by atoms with E-state index in [1.165, 1.54) is 11.8 Å². The van der Waals surface area contributed by atoms with Crippen LogP contribution in [0.4, 0.5) is 5.69 Å². The smallest absolute Gasteiger partial charge is 0.266 e. The largest absolute Gasteiger partial charge is 0.496 e. The number of hydrogen-bond acceptors (Lipinski definition) is 4. The Labute approximate surface area is 175 Å². The molecule has 1 heterocycles. The van der Waals surface area contributed by atoms with Gasteiger partial charge >= 0.3 is 0 Å². The number of thioether (sulfide) groups is 1. The van der Waals surface area contributed by atoms with Crippen LogP contribution in [0.3, 0.4) is 0 Å². The summed E-state index contributed by atoms with van der Waals surface area (Å²) in [5.74, 6) is 1.14. The predicted octanol–water partition coefficient (Wildman–Crippen LogP) is 6.01. The molecule has 28 heavy (non-hydrogen) atoms. The zero-order valence-corrected chi connectivity index (χ0v) is 18.2. The summed E-state index contributed by atoms with van der Waals surface area (Å²) in [5.41, 5.74) is 3.96. The lowest BCUT2D eigenvalue weighted by molar-refractivity contribution is -0.121. The van der Waals surface area contributed by atoms with Gasteiger partial charge in [-0.05, 0) is 83.8 Å². The molecule has 0 spiro atoms. The molecule has 0 radical (unpaired) electrons. The van der Waals surface area contributed by atoms with Crippen LogP contribution in [0, 0.1) is 6.92 Å². The van der Waals surface area contributed by atoms with Crippen molar-refractivity contribution in [3.8, 4) is 5.75 Å². The van der Waals surface area contributed by atoms with E-state index in [1.54, 1.807) is 31.2 Å². The average molecular weight is 415 g/mol. The van der Waals surface area contributed by atoms with E-state index < -0.39 is 0 Å². The van der Waals surface area contributed by atoms with Gasteiger partial charge in [0, 0.05) is 12.1 Å². The zero-order chi connectivity index (χ0) is 20.4. The first kappa shape index (κ1) is 20.5. The molecule has 0 saturated carbocycles. The summed E-state index contributed by atoms with van der Waals surface area (Å²) >= 11 is 7.31. The number of amidine groups is 1. The predicted molar refractivity (Wildman–Crippen MR) is 119 cm³/mol. The van der Waals surface area contributed by atoms with E-state index in [1.807, 2.05) is 31.2 Å². The van der Waals surface area contributed by atoms with E-state index in [-0.39, 0.29) is 5.91 Å². The molecule has 2 aromatic rings. The van der Waals surface area contributed by atoms with E-state index in [9.17, 15) is 4.79 Å². The number of carbonyl (C=O) groups excluding carboxylic acids is 1. The van der Waals surface area contributed by atoms with Crippen molar-refractivity contribution >= 4 is 46.2 Å². The summed E-state index contributed by atoms with van der Waals surface area (Å²) in [6.07, 6.45) is 1.94. The molecule has 0 aromatic heterocycles. The van der Waals surface area contributed by atoms with Gasteiger partial charge in [-0.1, -0.05) is 25.4 Å². The van der Waals surface area contributed by atoms with Crippen LogP contribution in [-0.4, -0.2) is 30.1 Å². The SMILES string of the molecule is COc1cc(C)c(/C=C2/SC(=Nc3ccc(Cl)cc3)N(C)C2=O)cc1C(C)C. The Hall–Kier alpha value is -2.24. The van der Waals surface area contributed by atoms with Crippen LogP contribution >= 0.6 is 23.4 Å². The van der Waals surface area contributed by atoms with E-state index in [2.05, 4.69) is 24.9 Å². The van der Waals surface area contributed by atoms with Crippen LogP contribution in [0.15, 0.2) is 46.3 Å². The molecule has 1 aliphatic heterocycles. The van der Waals surface area contributed by atoms with Crippen molar-refractivity contribution in [3.05, 3.63) is 63.0 Å². The fourth-order valence-electron chi connectivity index (χ4n) is 2.92. The standard InChI is InChI=1S/C22H23ClN2O2S/c1-13(2)18-11-15(14(3)10-19(18)27-5)12-20-21(26)25(4)22(28-20)24-17-8-6-16(23)7-9-17/h6-13H,1-5H3/b20-12+,24-22?. The number of aliphatic imine (C=N–C) groups is 1. The van der Waals surface area contributed by atoms with Gasteiger partial charge in [0.25, 0.3) is 5.91 Å². The highest BCUT2D eigenvalue weighted by Crippen LogP contribution is 2.36. The Morgan fingerprint density at radius 2 is 1.89 bits per heavy atom. The minimum atomic E-state index is -0.0565. The number of carbonyl (C=O) groups is 1. The van der Waals surface area contributed by atoms with Gasteiger partial charge in [0.15, 0.2) is 5.17 Å². The number of aryl methyl sites for hydroxylation is 1. The first-order valence-corrected chi connectivity index (χ1v) is 10.2. The highest BCUT2D eigenvalue weighted by atomic mass is 35.5. The summed E-state index contributed by atoms with van der Waals surface area (Å²) in [6.45, 7) is 6.28. The molecule has 0 N–H and O–H groups in total. The first-order chi connectivity index (χ1) is 13.3.